The first-order valence-corrected chi connectivity index (χ1v) is 14.4. The van der Waals surface area contributed by atoms with Gasteiger partial charge in [-0.05, 0) is 19.4 Å². The zero-order chi connectivity index (χ0) is 26.7. The molecule has 0 heterocycles. The molecule has 3 atom stereocenters. The van der Waals surface area contributed by atoms with Crippen LogP contribution in [-0.2, 0) is 44.7 Å². The number of nitrogens with one attached hydrogen (secondary N) is 3. The largest absolute Gasteiger partial charge is 0.354 e. The van der Waals surface area contributed by atoms with Gasteiger partial charge in [0, 0.05) is 6.54 Å². The topological polar surface area (TPSA) is 302 Å². The number of rotatable bonds is 16. The highest BCUT2D eigenvalue weighted by Crippen LogP contribution is 2.00. The number of hydrogen-bond donors (Lipinski definition) is 8. The molecule has 200 valence electrons. The summed E-state index contributed by atoms with van der Waals surface area (Å²) in [6.07, 6.45) is 1.72. The Balaban J connectivity index is 5.56. The normalized spacial score (nSPS) is 15.1. The summed E-state index contributed by atoms with van der Waals surface area (Å²) in [7, 11) is -14.5. The van der Waals surface area contributed by atoms with Gasteiger partial charge < -0.3 is 27.4 Å². The predicted octanol–water partition coefficient (Wildman–Crippen LogP) is -4.81. The summed E-state index contributed by atoms with van der Waals surface area (Å²) in [6, 6.07) is -6.07. The van der Waals surface area contributed by atoms with Gasteiger partial charge in [0.15, 0.2) is 0 Å². The van der Waals surface area contributed by atoms with Crippen molar-refractivity contribution in [1.29, 1.82) is 0 Å². The molecule has 10 N–H and O–H groups in total. The Kier molecular flexibility index (Phi) is 13.0. The molecular formula is C14H29N5O12S3. The zero-order valence-electron chi connectivity index (χ0n) is 17.8. The van der Waals surface area contributed by atoms with Crippen molar-refractivity contribution in [3.05, 3.63) is 0 Å². The molecule has 0 saturated carbocycles. The van der Waals surface area contributed by atoms with Crippen molar-refractivity contribution < 1.29 is 53.3 Å². The van der Waals surface area contributed by atoms with Gasteiger partial charge in [-0.3, -0.25) is 28.0 Å². The molecule has 0 bridgehead atoms. The Labute approximate surface area is 196 Å². The predicted molar refractivity (Wildman–Crippen MR) is 117 cm³/mol. The van der Waals surface area contributed by atoms with Crippen molar-refractivity contribution in [1.82, 2.24) is 16.0 Å². The number of carbonyl (C=O) groups is 3. The summed E-state index contributed by atoms with van der Waals surface area (Å²) < 4.78 is 93.5. The van der Waals surface area contributed by atoms with Crippen LogP contribution in [0.25, 0.3) is 0 Å². The van der Waals surface area contributed by atoms with Crippen molar-refractivity contribution >= 4 is 48.1 Å². The van der Waals surface area contributed by atoms with Gasteiger partial charge in [-0.15, -0.1) is 0 Å². The Morgan fingerprint density at radius 2 is 1.12 bits per heavy atom. The summed E-state index contributed by atoms with van der Waals surface area (Å²) in [4.78, 5) is 36.8. The van der Waals surface area contributed by atoms with E-state index < -0.39 is 83.5 Å². The van der Waals surface area contributed by atoms with Crippen LogP contribution in [-0.4, -0.2) is 105 Å². The standard InChI is InChI=1S/C14H29N5O12S3/c15-4-2-1-3-5-17-13(21)10(7-33(26,27)28)19-14(22)11(8-34(29,30)31)18-12(20)9(16)6-32(23,24)25/h9-11H,1-8,15-16H2,(H,17,21)(H,18,20)(H,19,22)(H,23,24,25)(H,26,27,28)(H,29,30,31). The molecule has 0 aromatic carbocycles. The first-order chi connectivity index (χ1) is 15.3. The van der Waals surface area contributed by atoms with Gasteiger partial charge in [-0.25, -0.2) is 0 Å². The first-order valence-electron chi connectivity index (χ1n) is 9.54. The highest BCUT2D eigenvalue weighted by molar-refractivity contribution is 7.86. The van der Waals surface area contributed by atoms with E-state index >= 15 is 0 Å². The van der Waals surface area contributed by atoms with Gasteiger partial charge in [0.1, 0.15) is 29.6 Å². The van der Waals surface area contributed by atoms with E-state index in [1.165, 1.54) is 0 Å². The van der Waals surface area contributed by atoms with Crippen molar-refractivity contribution in [2.75, 3.05) is 30.3 Å². The maximum Gasteiger partial charge on any atom is 0.267 e. The van der Waals surface area contributed by atoms with E-state index in [0.29, 0.717) is 25.8 Å². The maximum atomic E-state index is 12.5. The van der Waals surface area contributed by atoms with Gasteiger partial charge >= 0.3 is 0 Å². The second kappa shape index (κ2) is 13.8. The number of hydrogen-bond acceptors (Lipinski definition) is 11. The van der Waals surface area contributed by atoms with Crippen LogP contribution in [0.3, 0.4) is 0 Å². The van der Waals surface area contributed by atoms with Crippen molar-refractivity contribution in [2.45, 2.75) is 37.4 Å². The molecular weight excluding hydrogens is 526 g/mol. The molecule has 0 aliphatic carbocycles. The van der Waals surface area contributed by atoms with Crippen molar-refractivity contribution in [3.8, 4) is 0 Å². The molecule has 0 radical (unpaired) electrons. The average Bonchev–Trinajstić information content (AvgIpc) is 2.62. The monoisotopic (exact) mass is 555 g/mol. The van der Waals surface area contributed by atoms with Crippen LogP contribution in [0, 0.1) is 0 Å². The number of amides is 3. The molecule has 17 nitrogen and oxygen atoms in total. The molecule has 0 rings (SSSR count). The highest BCUT2D eigenvalue weighted by Gasteiger charge is 2.33. The van der Waals surface area contributed by atoms with E-state index in [9.17, 15) is 39.6 Å². The molecule has 0 aliphatic rings. The van der Waals surface area contributed by atoms with E-state index in [2.05, 4.69) is 5.32 Å². The van der Waals surface area contributed by atoms with Crippen molar-refractivity contribution in [2.24, 2.45) is 11.5 Å². The van der Waals surface area contributed by atoms with E-state index in [4.69, 9.17) is 25.1 Å². The molecule has 0 aromatic heterocycles. The minimum atomic E-state index is -4.95. The van der Waals surface area contributed by atoms with Crippen LogP contribution in [0.2, 0.25) is 0 Å². The van der Waals surface area contributed by atoms with Crippen LogP contribution in [0.15, 0.2) is 0 Å². The SMILES string of the molecule is NCCCCCNC(=O)C(CS(=O)(=O)O)NC(=O)C(CS(=O)(=O)O)NC(=O)C(N)CS(=O)(=O)O. The molecule has 34 heavy (non-hydrogen) atoms. The fraction of sp³-hybridized carbons (Fsp3) is 0.786. The van der Waals surface area contributed by atoms with Gasteiger partial charge in [0.2, 0.25) is 17.7 Å². The molecule has 0 aliphatic heterocycles. The van der Waals surface area contributed by atoms with Crippen LogP contribution < -0.4 is 27.4 Å². The fourth-order valence-corrected chi connectivity index (χ4v) is 4.34. The minimum Gasteiger partial charge on any atom is -0.354 e. The quantitative estimate of drug-likeness (QED) is 0.0654. The summed E-state index contributed by atoms with van der Waals surface area (Å²) >= 11 is 0. The van der Waals surface area contributed by atoms with Crippen LogP contribution in [0.1, 0.15) is 19.3 Å². The fourth-order valence-electron chi connectivity index (χ4n) is 2.42. The van der Waals surface area contributed by atoms with E-state index in [1.807, 2.05) is 5.32 Å². The van der Waals surface area contributed by atoms with Gasteiger partial charge in [0.05, 0.1) is 5.75 Å². The minimum absolute atomic E-state index is 0.0480. The van der Waals surface area contributed by atoms with Crippen LogP contribution in [0.4, 0.5) is 0 Å². The molecule has 3 amide bonds. The van der Waals surface area contributed by atoms with Crippen molar-refractivity contribution in [3.63, 3.8) is 0 Å². The first kappa shape index (κ1) is 32.1. The third kappa shape index (κ3) is 15.8. The summed E-state index contributed by atoms with van der Waals surface area (Å²) in [5.41, 5.74) is 10.6. The molecule has 0 saturated heterocycles. The second-order valence-electron chi connectivity index (χ2n) is 7.11. The average molecular weight is 556 g/mol. The molecule has 0 spiro atoms. The summed E-state index contributed by atoms with van der Waals surface area (Å²) in [6.45, 7) is 0.455. The number of nitrogens with two attached hydrogens (primary N) is 2. The lowest BCUT2D eigenvalue weighted by Gasteiger charge is -2.23. The molecule has 20 heteroatoms. The molecule has 0 fully saturated rings. The third-order valence-electron chi connectivity index (χ3n) is 3.93. The lowest BCUT2D eigenvalue weighted by molar-refractivity contribution is -0.131. The Morgan fingerprint density at radius 1 is 0.676 bits per heavy atom. The lowest BCUT2D eigenvalue weighted by atomic mass is 10.2. The zero-order valence-corrected chi connectivity index (χ0v) is 20.2. The van der Waals surface area contributed by atoms with E-state index in [-0.39, 0.29) is 6.54 Å². The van der Waals surface area contributed by atoms with Gasteiger partial charge in [-0.1, -0.05) is 6.42 Å². The maximum absolute atomic E-state index is 12.5. The highest BCUT2D eigenvalue weighted by atomic mass is 32.2. The Morgan fingerprint density at radius 3 is 1.56 bits per heavy atom. The smallest absolute Gasteiger partial charge is 0.267 e. The van der Waals surface area contributed by atoms with Crippen LogP contribution >= 0.6 is 0 Å². The molecule has 3 unspecified atom stereocenters. The number of unbranched alkanes of at least 4 members (excludes halogenated alkanes) is 2. The molecule has 0 aromatic rings. The third-order valence-corrected chi connectivity index (χ3v) is 6.22. The van der Waals surface area contributed by atoms with Crippen LogP contribution in [0.5, 0.6) is 0 Å². The Bertz CT molecular complexity index is 1030. The number of carbonyl (C=O) groups excluding carboxylic acids is 3. The van der Waals surface area contributed by atoms with Gasteiger partial charge in [0.25, 0.3) is 30.4 Å². The summed E-state index contributed by atoms with van der Waals surface area (Å²) in [5, 5.41) is 5.86. The Hall–Kier alpha value is -1.94. The second-order valence-corrected chi connectivity index (χ2v) is 11.6. The lowest BCUT2D eigenvalue weighted by Crippen LogP contribution is -2.59. The van der Waals surface area contributed by atoms with E-state index in [0.717, 1.165) is 0 Å². The van der Waals surface area contributed by atoms with E-state index in [1.54, 1.807) is 5.32 Å². The van der Waals surface area contributed by atoms with Gasteiger partial charge in [-0.2, -0.15) is 25.3 Å². The summed E-state index contributed by atoms with van der Waals surface area (Å²) in [5.74, 6) is -8.07.